The molecule has 0 aliphatic rings. The summed E-state index contributed by atoms with van der Waals surface area (Å²) < 4.78 is 33.8. The first-order chi connectivity index (χ1) is 11.6. The molecule has 0 fully saturated rings. The van der Waals surface area contributed by atoms with Gasteiger partial charge in [-0.05, 0) is 37.3 Å². The van der Waals surface area contributed by atoms with E-state index in [1.54, 1.807) is 0 Å². The number of Topliss-reactive ketones (excluding diaryl/α,β-unsaturated/α-hetero) is 1. The fraction of sp³-hybridized carbons (Fsp3) is 0.188. The van der Waals surface area contributed by atoms with Gasteiger partial charge in [0.15, 0.2) is 27.1 Å². The fourth-order valence-electron chi connectivity index (χ4n) is 2.05. The molecule has 0 N–H and O–H groups in total. The molecule has 0 saturated carbocycles. The van der Waals surface area contributed by atoms with Crippen molar-refractivity contribution in [3.63, 3.8) is 0 Å². The van der Waals surface area contributed by atoms with Gasteiger partial charge in [0.1, 0.15) is 0 Å². The van der Waals surface area contributed by atoms with E-state index in [2.05, 4.69) is 0 Å². The topological polar surface area (TPSA) is 113 Å². The molecular formula is C16H15NO7S. The molecule has 8 nitrogen and oxygen atoms in total. The highest BCUT2D eigenvalue weighted by atomic mass is 32.2. The van der Waals surface area contributed by atoms with Crippen molar-refractivity contribution in [1.82, 2.24) is 0 Å². The lowest BCUT2D eigenvalue weighted by Gasteiger charge is -2.12. The summed E-state index contributed by atoms with van der Waals surface area (Å²) in [6.45, 7) is 1.39. The van der Waals surface area contributed by atoms with Crippen molar-refractivity contribution in [2.75, 3.05) is 13.4 Å². The predicted molar refractivity (Wildman–Crippen MR) is 89.3 cm³/mol. The number of rotatable bonds is 6. The summed E-state index contributed by atoms with van der Waals surface area (Å²) in [7, 11) is -2.23. The zero-order valence-electron chi connectivity index (χ0n) is 13.7. The molecule has 2 aromatic carbocycles. The monoisotopic (exact) mass is 365 g/mol. The molecule has 2 aromatic rings. The first-order valence-electron chi connectivity index (χ1n) is 6.99. The lowest BCUT2D eigenvalue weighted by Crippen LogP contribution is -2.01. The van der Waals surface area contributed by atoms with Gasteiger partial charge in [0.2, 0.25) is 5.75 Å². The molecular weight excluding hydrogens is 350 g/mol. The third-order valence-electron chi connectivity index (χ3n) is 3.35. The lowest BCUT2D eigenvalue weighted by atomic mass is 10.1. The van der Waals surface area contributed by atoms with E-state index in [4.69, 9.17) is 9.47 Å². The summed E-state index contributed by atoms with van der Waals surface area (Å²) in [4.78, 5) is 21.7. The van der Waals surface area contributed by atoms with Crippen LogP contribution in [0.25, 0.3) is 0 Å². The number of hydrogen-bond donors (Lipinski definition) is 0. The molecule has 25 heavy (non-hydrogen) atoms. The fourth-order valence-corrected chi connectivity index (χ4v) is 2.69. The highest BCUT2D eigenvalue weighted by molar-refractivity contribution is 7.90. The summed E-state index contributed by atoms with van der Waals surface area (Å²) in [6.07, 6.45) is 0.954. The molecule has 0 saturated heterocycles. The maximum absolute atomic E-state index is 11.6. The van der Waals surface area contributed by atoms with Gasteiger partial charge in [-0.2, -0.15) is 0 Å². The Bertz CT molecular complexity index is 951. The lowest BCUT2D eigenvalue weighted by molar-refractivity contribution is -0.385. The van der Waals surface area contributed by atoms with Crippen LogP contribution in [0.2, 0.25) is 0 Å². The number of sulfone groups is 1. The number of methoxy groups -OCH3 is 1. The molecule has 0 radical (unpaired) electrons. The molecule has 0 amide bonds. The number of nitro groups is 1. The van der Waals surface area contributed by atoms with Gasteiger partial charge in [0.05, 0.1) is 16.9 Å². The minimum Gasteiger partial charge on any atom is -0.493 e. The normalized spacial score (nSPS) is 11.0. The molecule has 2 rings (SSSR count). The van der Waals surface area contributed by atoms with Crippen LogP contribution in [0.3, 0.4) is 0 Å². The van der Waals surface area contributed by atoms with Gasteiger partial charge >= 0.3 is 5.69 Å². The Hall–Kier alpha value is -2.94. The van der Waals surface area contributed by atoms with Crippen molar-refractivity contribution < 1.29 is 27.6 Å². The number of benzene rings is 2. The van der Waals surface area contributed by atoms with Gasteiger partial charge in [-0.3, -0.25) is 14.9 Å². The van der Waals surface area contributed by atoms with Gasteiger partial charge in [-0.25, -0.2) is 8.42 Å². The second kappa shape index (κ2) is 6.89. The van der Waals surface area contributed by atoms with Crippen LogP contribution in [0.5, 0.6) is 17.2 Å². The van der Waals surface area contributed by atoms with E-state index in [-0.39, 0.29) is 27.9 Å². The number of carbonyl (C=O) groups excluding carboxylic acids is 1. The summed E-state index contributed by atoms with van der Waals surface area (Å²) in [6, 6.07) is 7.75. The standard InChI is InChI=1S/C16H15NO7S/c1-10(18)11-4-6-15(16(8-11)23-2)24-14-7-5-12(25(3,21)22)9-13(14)17(19)20/h4-9H,1-3H3. The van der Waals surface area contributed by atoms with E-state index in [1.807, 2.05) is 0 Å². The molecule has 0 aliphatic carbocycles. The highest BCUT2D eigenvalue weighted by Crippen LogP contribution is 2.37. The molecule has 132 valence electrons. The van der Waals surface area contributed by atoms with E-state index in [0.717, 1.165) is 12.3 Å². The van der Waals surface area contributed by atoms with Crippen LogP contribution in [0, 0.1) is 10.1 Å². The van der Waals surface area contributed by atoms with Crippen molar-refractivity contribution >= 4 is 21.3 Å². The van der Waals surface area contributed by atoms with Crippen LogP contribution in [0.4, 0.5) is 5.69 Å². The Balaban J connectivity index is 2.50. The van der Waals surface area contributed by atoms with Gasteiger partial charge in [0, 0.05) is 17.9 Å². The minimum atomic E-state index is -3.60. The van der Waals surface area contributed by atoms with Crippen LogP contribution in [-0.2, 0) is 9.84 Å². The Morgan fingerprint density at radius 1 is 1.08 bits per heavy atom. The quantitative estimate of drug-likeness (QED) is 0.439. The highest BCUT2D eigenvalue weighted by Gasteiger charge is 2.21. The van der Waals surface area contributed by atoms with Crippen molar-refractivity contribution in [3.05, 3.63) is 52.1 Å². The average molecular weight is 365 g/mol. The van der Waals surface area contributed by atoms with E-state index >= 15 is 0 Å². The number of nitrogens with zero attached hydrogens (tertiary/aromatic N) is 1. The van der Waals surface area contributed by atoms with Gasteiger partial charge < -0.3 is 9.47 Å². The third-order valence-corrected chi connectivity index (χ3v) is 4.46. The van der Waals surface area contributed by atoms with Crippen molar-refractivity contribution in [2.24, 2.45) is 0 Å². The Morgan fingerprint density at radius 2 is 1.72 bits per heavy atom. The Labute approximate surface area is 144 Å². The first-order valence-corrected chi connectivity index (χ1v) is 8.88. The van der Waals surface area contributed by atoms with Crippen LogP contribution in [0.1, 0.15) is 17.3 Å². The van der Waals surface area contributed by atoms with Gasteiger partial charge in [-0.1, -0.05) is 0 Å². The zero-order chi connectivity index (χ0) is 18.8. The van der Waals surface area contributed by atoms with E-state index in [0.29, 0.717) is 5.56 Å². The third kappa shape index (κ3) is 4.13. The average Bonchev–Trinajstić information content (AvgIpc) is 2.54. The van der Waals surface area contributed by atoms with E-state index in [1.165, 1.54) is 44.4 Å². The Morgan fingerprint density at radius 3 is 2.24 bits per heavy atom. The van der Waals surface area contributed by atoms with Crippen LogP contribution in [0.15, 0.2) is 41.3 Å². The smallest absolute Gasteiger partial charge is 0.312 e. The van der Waals surface area contributed by atoms with Gasteiger partial charge in [0.25, 0.3) is 0 Å². The predicted octanol–water partition coefficient (Wildman–Crippen LogP) is 3.00. The number of ether oxygens (including phenoxy) is 2. The van der Waals surface area contributed by atoms with Crippen LogP contribution < -0.4 is 9.47 Å². The molecule has 0 heterocycles. The SMILES string of the molecule is COc1cc(C(C)=O)ccc1Oc1ccc(S(C)(=O)=O)cc1[N+](=O)[O-]. The number of ketones is 1. The number of hydrogen-bond acceptors (Lipinski definition) is 7. The van der Waals surface area contributed by atoms with Gasteiger partial charge in [-0.15, -0.1) is 0 Å². The summed E-state index contributed by atoms with van der Waals surface area (Å²) in [5.41, 5.74) is -0.105. The largest absolute Gasteiger partial charge is 0.493 e. The molecule has 0 unspecified atom stereocenters. The molecule has 0 bridgehead atoms. The van der Waals surface area contributed by atoms with Crippen LogP contribution >= 0.6 is 0 Å². The second-order valence-corrected chi connectivity index (χ2v) is 7.20. The minimum absolute atomic E-state index is 0.147. The molecule has 0 aromatic heterocycles. The second-order valence-electron chi connectivity index (χ2n) is 5.18. The molecule has 0 spiro atoms. The summed E-state index contributed by atoms with van der Waals surface area (Å²) >= 11 is 0. The van der Waals surface area contributed by atoms with Crippen LogP contribution in [-0.4, -0.2) is 32.5 Å². The molecule has 0 aliphatic heterocycles. The molecule has 0 atom stereocenters. The first kappa shape index (κ1) is 18.4. The summed E-state index contributed by atoms with van der Waals surface area (Å²) in [5, 5.41) is 11.2. The number of carbonyl (C=O) groups is 1. The maximum Gasteiger partial charge on any atom is 0.312 e. The van der Waals surface area contributed by atoms with E-state index in [9.17, 15) is 23.3 Å². The van der Waals surface area contributed by atoms with Crippen molar-refractivity contribution in [3.8, 4) is 17.2 Å². The maximum atomic E-state index is 11.6. The van der Waals surface area contributed by atoms with E-state index < -0.39 is 20.4 Å². The summed E-state index contributed by atoms with van der Waals surface area (Å²) in [5.74, 6) is 0.0523. The van der Waals surface area contributed by atoms with Crippen molar-refractivity contribution in [2.45, 2.75) is 11.8 Å². The molecule has 9 heteroatoms. The number of nitro benzene ring substituents is 1. The van der Waals surface area contributed by atoms with Crippen molar-refractivity contribution in [1.29, 1.82) is 0 Å². The Kier molecular flexibility index (Phi) is 5.07. The zero-order valence-corrected chi connectivity index (χ0v) is 14.5.